The van der Waals surface area contributed by atoms with Gasteiger partial charge >= 0.3 is 0 Å². The molecular weight excluding hydrogens is 286 g/mol. The van der Waals surface area contributed by atoms with Crippen LogP contribution in [0.3, 0.4) is 0 Å². The first-order valence-electron chi connectivity index (χ1n) is 7.44. The number of rotatable bonds is 4. The van der Waals surface area contributed by atoms with Crippen LogP contribution in [0.5, 0.6) is 5.75 Å². The summed E-state index contributed by atoms with van der Waals surface area (Å²) in [5, 5.41) is 5.15. The lowest BCUT2D eigenvalue weighted by Crippen LogP contribution is -2.13. The van der Waals surface area contributed by atoms with E-state index in [1.165, 1.54) is 32.1 Å². The summed E-state index contributed by atoms with van der Waals surface area (Å²) >= 11 is 6.09. The fraction of sp³-hybridized carbons (Fsp3) is 0.438. The Hall–Kier alpha value is -1.68. The summed E-state index contributed by atoms with van der Waals surface area (Å²) in [6.07, 6.45) is 8.47. The van der Waals surface area contributed by atoms with Gasteiger partial charge in [-0.25, -0.2) is 0 Å². The lowest BCUT2D eigenvalue weighted by atomic mass is 9.96. The van der Waals surface area contributed by atoms with Gasteiger partial charge in [0.2, 0.25) is 0 Å². The molecule has 2 N–H and O–H groups in total. The summed E-state index contributed by atoms with van der Waals surface area (Å²) in [7, 11) is 0. The number of nitrogen functional groups attached to an aromatic ring is 1. The zero-order valence-electron chi connectivity index (χ0n) is 12.0. The fourth-order valence-corrected chi connectivity index (χ4v) is 3.03. The monoisotopic (exact) mass is 305 g/mol. The normalized spacial score (nSPS) is 16.0. The molecule has 0 aliphatic heterocycles. The Balaban J connectivity index is 1.61. The quantitative estimate of drug-likeness (QED) is 0.861. The van der Waals surface area contributed by atoms with Crippen molar-refractivity contribution in [2.24, 2.45) is 0 Å². The molecule has 4 nitrogen and oxygen atoms in total. The van der Waals surface area contributed by atoms with Gasteiger partial charge in [0.15, 0.2) is 0 Å². The predicted molar refractivity (Wildman–Crippen MR) is 84.5 cm³/mol. The maximum absolute atomic E-state index is 6.09. The summed E-state index contributed by atoms with van der Waals surface area (Å²) in [5.41, 5.74) is 7.22. The number of hydrogen-bond donors (Lipinski definition) is 1. The summed E-state index contributed by atoms with van der Waals surface area (Å²) < 4.78 is 7.80. The van der Waals surface area contributed by atoms with E-state index < -0.39 is 0 Å². The lowest BCUT2D eigenvalue weighted by molar-refractivity contribution is 0.291. The molecule has 1 aliphatic rings. The van der Waals surface area contributed by atoms with Crippen LogP contribution in [0.4, 0.5) is 5.69 Å². The number of benzene rings is 1. The number of nitrogens with zero attached hydrogens (tertiary/aromatic N) is 2. The van der Waals surface area contributed by atoms with Crippen molar-refractivity contribution in [2.75, 3.05) is 5.73 Å². The Morgan fingerprint density at radius 2 is 2.05 bits per heavy atom. The zero-order chi connectivity index (χ0) is 14.7. The third-order valence-corrected chi connectivity index (χ3v) is 4.24. The van der Waals surface area contributed by atoms with Crippen LogP contribution in [-0.4, -0.2) is 9.78 Å². The second kappa shape index (κ2) is 6.39. The van der Waals surface area contributed by atoms with Gasteiger partial charge in [0, 0.05) is 11.9 Å². The van der Waals surface area contributed by atoms with Crippen LogP contribution in [0.1, 0.15) is 43.8 Å². The largest absolute Gasteiger partial charge is 0.486 e. The van der Waals surface area contributed by atoms with Crippen LogP contribution in [0, 0.1) is 0 Å². The van der Waals surface area contributed by atoms with Crippen molar-refractivity contribution in [3.05, 3.63) is 41.2 Å². The van der Waals surface area contributed by atoms with E-state index in [9.17, 15) is 0 Å². The highest BCUT2D eigenvalue weighted by atomic mass is 35.5. The number of halogens is 1. The van der Waals surface area contributed by atoms with Crippen LogP contribution in [-0.2, 0) is 6.61 Å². The molecule has 1 heterocycles. The van der Waals surface area contributed by atoms with Crippen molar-refractivity contribution in [3.63, 3.8) is 0 Å². The van der Waals surface area contributed by atoms with Crippen molar-refractivity contribution in [1.82, 2.24) is 9.78 Å². The summed E-state index contributed by atoms with van der Waals surface area (Å²) in [4.78, 5) is 0. The van der Waals surface area contributed by atoms with Crippen LogP contribution in [0.25, 0.3) is 0 Å². The summed E-state index contributed by atoms with van der Waals surface area (Å²) in [5.74, 6) is 0.637. The van der Waals surface area contributed by atoms with Crippen molar-refractivity contribution < 1.29 is 4.74 Å². The van der Waals surface area contributed by atoms with Crippen molar-refractivity contribution in [2.45, 2.75) is 44.8 Å². The minimum absolute atomic E-state index is 0.420. The molecule has 1 fully saturated rings. The second-order valence-corrected chi connectivity index (χ2v) is 5.96. The minimum Gasteiger partial charge on any atom is -0.486 e. The van der Waals surface area contributed by atoms with E-state index in [4.69, 9.17) is 22.1 Å². The highest BCUT2D eigenvalue weighted by molar-refractivity contribution is 6.32. The van der Waals surface area contributed by atoms with Crippen LogP contribution in [0.2, 0.25) is 5.02 Å². The Kier molecular flexibility index (Phi) is 4.34. The smallest absolute Gasteiger partial charge is 0.138 e. The van der Waals surface area contributed by atoms with Gasteiger partial charge in [-0.2, -0.15) is 5.10 Å². The van der Waals surface area contributed by atoms with Crippen molar-refractivity contribution >= 4 is 17.3 Å². The number of aromatic nitrogens is 2. The second-order valence-electron chi connectivity index (χ2n) is 5.56. The minimum atomic E-state index is 0.420. The maximum Gasteiger partial charge on any atom is 0.138 e. The van der Waals surface area contributed by atoms with Crippen LogP contribution in [0.15, 0.2) is 30.5 Å². The first-order chi connectivity index (χ1) is 10.2. The van der Waals surface area contributed by atoms with Gasteiger partial charge in [0.25, 0.3) is 0 Å². The molecule has 0 spiro atoms. The SMILES string of the molecule is Nc1ccc(OCc2ccn(C3CCCCC3)n2)c(Cl)c1. The van der Waals surface area contributed by atoms with E-state index in [-0.39, 0.29) is 0 Å². The highest BCUT2D eigenvalue weighted by Crippen LogP contribution is 2.28. The molecule has 0 radical (unpaired) electrons. The number of hydrogen-bond acceptors (Lipinski definition) is 3. The van der Waals surface area contributed by atoms with Gasteiger partial charge < -0.3 is 10.5 Å². The molecular formula is C16H20ClN3O. The maximum atomic E-state index is 6.09. The lowest BCUT2D eigenvalue weighted by Gasteiger charge is -2.21. The van der Waals surface area contributed by atoms with Crippen molar-refractivity contribution in [3.8, 4) is 5.75 Å². The standard InChI is InChI=1S/C16H20ClN3O/c17-15-10-12(18)6-7-16(15)21-11-13-8-9-20(19-13)14-4-2-1-3-5-14/h6-10,14H,1-5,11,18H2. The number of ether oxygens (including phenoxy) is 1. The van der Waals surface area contributed by atoms with Gasteiger partial charge in [-0.15, -0.1) is 0 Å². The molecule has 2 aromatic rings. The van der Waals surface area contributed by atoms with E-state index >= 15 is 0 Å². The third kappa shape index (κ3) is 3.50. The average molecular weight is 306 g/mol. The molecule has 0 saturated heterocycles. The number of nitrogens with two attached hydrogens (primary N) is 1. The molecule has 1 aromatic carbocycles. The molecule has 0 atom stereocenters. The molecule has 5 heteroatoms. The molecule has 1 aromatic heterocycles. The molecule has 21 heavy (non-hydrogen) atoms. The van der Waals surface area contributed by atoms with Gasteiger partial charge in [0.1, 0.15) is 12.4 Å². The van der Waals surface area contributed by atoms with Crippen LogP contribution >= 0.6 is 11.6 Å². The highest BCUT2D eigenvalue weighted by Gasteiger charge is 2.16. The third-order valence-electron chi connectivity index (χ3n) is 3.94. The Morgan fingerprint density at radius 3 is 2.81 bits per heavy atom. The van der Waals surface area contributed by atoms with E-state index in [1.54, 1.807) is 18.2 Å². The predicted octanol–water partition coefficient (Wildman–Crippen LogP) is 4.20. The van der Waals surface area contributed by atoms with E-state index in [1.807, 2.05) is 6.07 Å². The topological polar surface area (TPSA) is 53.1 Å². The molecule has 0 unspecified atom stereocenters. The van der Waals surface area contributed by atoms with E-state index in [0.717, 1.165) is 5.69 Å². The van der Waals surface area contributed by atoms with Gasteiger partial charge in [0.05, 0.1) is 16.8 Å². The summed E-state index contributed by atoms with van der Waals surface area (Å²) in [6.45, 7) is 0.420. The first-order valence-corrected chi connectivity index (χ1v) is 7.82. The first kappa shape index (κ1) is 14.3. The van der Waals surface area contributed by atoms with Crippen LogP contribution < -0.4 is 10.5 Å². The van der Waals surface area contributed by atoms with E-state index in [0.29, 0.717) is 29.1 Å². The Bertz CT molecular complexity index is 605. The Morgan fingerprint density at radius 1 is 1.24 bits per heavy atom. The molecule has 112 valence electrons. The summed E-state index contributed by atoms with van der Waals surface area (Å²) in [6, 6.07) is 7.82. The number of anilines is 1. The molecule has 0 amide bonds. The Labute approximate surface area is 129 Å². The molecule has 1 saturated carbocycles. The van der Waals surface area contributed by atoms with Crippen molar-refractivity contribution in [1.29, 1.82) is 0 Å². The van der Waals surface area contributed by atoms with Gasteiger partial charge in [-0.1, -0.05) is 30.9 Å². The fourth-order valence-electron chi connectivity index (χ4n) is 2.79. The zero-order valence-corrected chi connectivity index (χ0v) is 12.7. The average Bonchev–Trinajstić information content (AvgIpc) is 2.96. The molecule has 1 aliphatic carbocycles. The van der Waals surface area contributed by atoms with Gasteiger partial charge in [-0.05, 0) is 37.1 Å². The molecule has 0 bridgehead atoms. The van der Waals surface area contributed by atoms with E-state index in [2.05, 4.69) is 16.0 Å². The molecule has 3 rings (SSSR count). The van der Waals surface area contributed by atoms with Gasteiger partial charge in [-0.3, -0.25) is 4.68 Å².